The molecule has 220 valence electrons. The third kappa shape index (κ3) is 7.82. The first kappa shape index (κ1) is 32.4. The van der Waals surface area contributed by atoms with E-state index in [2.05, 4.69) is 5.32 Å². The number of nitrogens with one attached hydrogen (secondary N) is 1. The molecule has 0 aliphatic heterocycles. The van der Waals surface area contributed by atoms with E-state index in [-0.39, 0.29) is 29.1 Å². The van der Waals surface area contributed by atoms with Crippen LogP contribution in [0.3, 0.4) is 0 Å². The molecule has 0 bridgehead atoms. The van der Waals surface area contributed by atoms with Crippen molar-refractivity contribution in [1.29, 1.82) is 0 Å². The standard InChI is InChI=1S/C31H37Cl2N3O4S/c1-6-22(4)34-31(38)28(7-2)35(19-24-11-8-9-12-27(24)33)30(37)20-36(29-14-10-13-26(32)23(29)5)41(39,40)25-17-15-21(3)16-18-25/h8-18,22,28H,6-7,19-20H2,1-5H3,(H,34,38)/t22-,28-/m0/s1. The molecule has 0 fully saturated rings. The number of hydrogen-bond acceptors (Lipinski definition) is 4. The minimum absolute atomic E-state index is 0.0257. The van der Waals surface area contributed by atoms with Gasteiger partial charge in [0, 0.05) is 22.6 Å². The van der Waals surface area contributed by atoms with Gasteiger partial charge in [0.25, 0.3) is 10.0 Å². The number of rotatable bonds is 12. The second kappa shape index (κ2) is 14.2. The monoisotopic (exact) mass is 617 g/mol. The lowest BCUT2D eigenvalue weighted by atomic mass is 10.1. The van der Waals surface area contributed by atoms with Crippen LogP contribution >= 0.6 is 23.2 Å². The number of hydrogen-bond donors (Lipinski definition) is 1. The summed E-state index contributed by atoms with van der Waals surface area (Å²) >= 11 is 12.8. The minimum atomic E-state index is -4.19. The second-order valence-electron chi connectivity index (χ2n) is 10.1. The average Bonchev–Trinajstić information content (AvgIpc) is 2.94. The van der Waals surface area contributed by atoms with Crippen LogP contribution in [0.2, 0.25) is 10.0 Å². The number of nitrogens with zero attached hydrogens (tertiary/aromatic N) is 2. The van der Waals surface area contributed by atoms with Crippen LogP contribution in [0.4, 0.5) is 5.69 Å². The molecule has 3 aromatic rings. The van der Waals surface area contributed by atoms with Crippen LogP contribution in [-0.2, 0) is 26.2 Å². The molecule has 0 aliphatic carbocycles. The highest BCUT2D eigenvalue weighted by Gasteiger charge is 2.34. The molecule has 3 rings (SSSR count). The molecule has 0 radical (unpaired) electrons. The van der Waals surface area contributed by atoms with Crippen molar-refractivity contribution >= 4 is 50.7 Å². The predicted octanol–water partition coefficient (Wildman–Crippen LogP) is 6.53. The van der Waals surface area contributed by atoms with E-state index in [9.17, 15) is 18.0 Å². The molecule has 2 amide bonds. The number of anilines is 1. The summed E-state index contributed by atoms with van der Waals surface area (Å²) in [6.07, 6.45) is 1.04. The number of carbonyl (C=O) groups excluding carboxylic acids is 2. The molecule has 3 aromatic carbocycles. The Morgan fingerprint density at radius 1 is 0.878 bits per heavy atom. The van der Waals surface area contributed by atoms with E-state index in [4.69, 9.17) is 23.2 Å². The molecule has 1 N–H and O–H groups in total. The number of benzene rings is 3. The van der Waals surface area contributed by atoms with Gasteiger partial charge in [-0.05, 0) is 75.1 Å². The average molecular weight is 619 g/mol. The number of carbonyl (C=O) groups is 2. The number of aryl methyl sites for hydroxylation is 1. The topological polar surface area (TPSA) is 86.8 Å². The van der Waals surface area contributed by atoms with Crippen molar-refractivity contribution in [1.82, 2.24) is 10.2 Å². The third-order valence-electron chi connectivity index (χ3n) is 7.08. The van der Waals surface area contributed by atoms with Crippen LogP contribution < -0.4 is 9.62 Å². The highest BCUT2D eigenvalue weighted by Crippen LogP contribution is 2.31. The first-order valence-electron chi connectivity index (χ1n) is 13.6. The van der Waals surface area contributed by atoms with Crippen LogP contribution in [0, 0.1) is 13.8 Å². The van der Waals surface area contributed by atoms with E-state index in [1.165, 1.54) is 17.0 Å². The van der Waals surface area contributed by atoms with Gasteiger partial charge in [-0.2, -0.15) is 0 Å². The van der Waals surface area contributed by atoms with E-state index >= 15 is 0 Å². The first-order valence-corrected chi connectivity index (χ1v) is 15.8. The number of amides is 2. The van der Waals surface area contributed by atoms with Crippen molar-refractivity contribution in [3.05, 3.63) is 93.5 Å². The van der Waals surface area contributed by atoms with E-state index < -0.39 is 28.5 Å². The Bertz CT molecular complexity index is 1480. The third-order valence-corrected chi connectivity index (χ3v) is 9.63. The Kier molecular flexibility index (Phi) is 11.2. The largest absolute Gasteiger partial charge is 0.352 e. The van der Waals surface area contributed by atoms with Crippen molar-refractivity contribution in [2.24, 2.45) is 0 Å². The van der Waals surface area contributed by atoms with Gasteiger partial charge in [0.2, 0.25) is 11.8 Å². The summed E-state index contributed by atoms with van der Waals surface area (Å²) in [6.45, 7) is 8.71. The molecular weight excluding hydrogens is 581 g/mol. The molecule has 0 heterocycles. The lowest BCUT2D eigenvalue weighted by molar-refractivity contribution is -0.140. The number of sulfonamides is 1. The molecule has 10 heteroatoms. The zero-order valence-corrected chi connectivity index (χ0v) is 26.4. The van der Waals surface area contributed by atoms with Gasteiger partial charge in [-0.3, -0.25) is 13.9 Å². The van der Waals surface area contributed by atoms with E-state index in [0.717, 1.165) is 16.3 Å². The molecule has 0 unspecified atom stereocenters. The van der Waals surface area contributed by atoms with Crippen LogP contribution in [-0.4, -0.2) is 43.8 Å². The van der Waals surface area contributed by atoms with Gasteiger partial charge in [-0.15, -0.1) is 0 Å². The van der Waals surface area contributed by atoms with E-state index in [0.29, 0.717) is 27.6 Å². The smallest absolute Gasteiger partial charge is 0.264 e. The SMILES string of the molecule is CC[C@H](C)NC(=O)[C@H](CC)N(Cc1ccccc1Cl)C(=O)CN(c1cccc(Cl)c1C)S(=O)(=O)c1ccc(C)cc1. The molecule has 0 aromatic heterocycles. The lowest BCUT2D eigenvalue weighted by Crippen LogP contribution is -2.53. The Morgan fingerprint density at radius 3 is 2.12 bits per heavy atom. The maximum atomic E-state index is 14.2. The molecule has 2 atom stereocenters. The fourth-order valence-corrected chi connectivity index (χ4v) is 6.22. The molecule has 0 aliphatic rings. The number of halogens is 2. The van der Waals surface area contributed by atoms with E-state index in [1.807, 2.05) is 27.7 Å². The molecule has 0 saturated carbocycles. The zero-order valence-electron chi connectivity index (χ0n) is 24.0. The van der Waals surface area contributed by atoms with Gasteiger partial charge >= 0.3 is 0 Å². The van der Waals surface area contributed by atoms with Gasteiger partial charge < -0.3 is 10.2 Å². The van der Waals surface area contributed by atoms with Crippen molar-refractivity contribution in [2.45, 2.75) is 71.0 Å². The fourth-order valence-electron chi connectivity index (χ4n) is 4.39. The predicted molar refractivity (Wildman–Crippen MR) is 166 cm³/mol. The zero-order chi connectivity index (χ0) is 30.3. The van der Waals surface area contributed by atoms with Gasteiger partial charge in [0.05, 0.1) is 10.6 Å². The Balaban J connectivity index is 2.11. The minimum Gasteiger partial charge on any atom is -0.352 e. The highest BCUT2D eigenvalue weighted by atomic mass is 35.5. The molecule has 0 spiro atoms. The van der Waals surface area contributed by atoms with Crippen LogP contribution in [0.15, 0.2) is 71.6 Å². The highest BCUT2D eigenvalue weighted by molar-refractivity contribution is 7.92. The van der Waals surface area contributed by atoms with Gasteiger partial charge in [0.1, 0.15) is 12.6 Å². The first-order chi connectivity index (χ1) is 19.4. The van der Waals surface area contributed by atoms with Crippen molar-refractivity contribution in [3.8, 4) is 0 Å². The molecule has 7 nitrogen and oxygen atoms in total. The summed E-state index contributed by atoms with van der Waals surface area (Å²) in [5.41, 5.74) is 2.33. The summed E-state index contributed by atoms with van der Waals surface area (Å²) in [7, 11) is -4.19. The summed E-state index contributed by atoms with van der Waals surface area (Å²) in [5, 5.41) is 3.77. The van der Waals surface area contributed by atoms with Gasteiger partial charge in [-0.1, -0.05) is 79.0 Å². The summed E-state index contributed by atoms with van der Waals surface area (Å²) < 4.78 is 29.2. The summed E-state index contributed by atoms with van der Waals surface area (Å²) in [6, 6.07) is 17.5. The lowest BCUT2D eigenvalue weighted by Gasteiger charge is -2.34. The van der Waals surface area contributed by atoms with Crippen molar-refractivity contribution in [2.75, 3.05) is 10.8 Å². The van der Waals surface area contributed by atoms with Crippen LogP contribution in [0.5, 0.6) is 0 Å². The fraction of sp³-hybridized carbons (Fsp3) is 0.355. The Labute approximate surface area is 253 Å². The van der Waals surface area contributed by atoms with Gasteiger partial charge in [0.15, 0.2) is 0 Å². The quantitative estimate of drug-likeness (QED) is 0.250. The van der Waals surface area contributed by atoms with Crippen molar-refractivity contribution in [3.63, 3.8) is 0 Å². The second-order valence-corrected chi connectivity index (χ2v) is 12.7. The Hall–Kier alpha value is -3.07. The summed E-state index contributed by atoms with van der Waals surface area (Å²) in [5.74, 6) is -0.861. The molecule has 41 heavy (non-hydrogen) atoms. The normalized spacial score (nSPS) is 12.9. The maximum Gasteiger partial charge on any atom is 0.264 e. The Morgan fingerprint density at radius 2 is 1.51 bits per heavy atom. The maximum absolute atomic E-state index is 14.2. The van der Waals surface area contributed by atoms with Gasteiger partial charge in [-0.25, -0.2) is 8.42 Å². The molecular formula is C31H37Cl2N3O4S. The van der Waals surface area contributed by atoms with E-state index in [1.54, 1.807) is 61.5 Å². The van der Waals surface area contributed by atoms with Crippen LogP contribution in [0.1, 0.15) is 50.3 Å². The van der Waals surface area contributed by atoms with Crippen molar-refractivity contribution < 1.29 is 18.0 Å². The molecule has 0 saturated heterocycles. The summed E-state index contributed by atoms with van der Waals surface area (Å²) in [4.78, 5) is 29.0. The van der Waals surface area contributed by atoms with Crippen LogP contribution in [0.25, 0.3) is 0 Å².